The van der Waals surface area contributed by atoms with Crippen LogP contribution in [0.1, 0.15) is 33.3 Å². The Kier molecular flexibility index (Phi) is 5.14. The Morgan fingerprint density at radius 1 is 1.31 bits per heavy atom. The average Bonchev–Trinajstić information content (AvgIpc) is 2.28. The molecule has 0 unspecified atom stereocenters. The highest BCUT2D eigenvalue weighted by Gasteiger charge is 2.15. The molecule has 0 saturated carbocycles. The number of aryl methyl sites for hydroxylation is 1. The van der Waals surface area contributed by atoms with Crippen LogP contribution in [0, 0.1) is 5.92 Å². The molecule has 0 fully saturated rings. The summed E-state index contributed by atoms with van der Waals surface area (Å²) in [4.78, 5) is 1.42. The molecule has 0 spiro atoms. The van der Waals surface area contributed by atoms with Crippen LogP contribution in [0.2, 0.25) is 0 Å². The van der Waals surface area contributed by atoms with E-state index in [4.69, 9.17) is 0 Å². The molecule has 1 rings (SSSR count). The van der Waals surface area contributed by atoms with Crippen LogP contribution in [0.5, 0.6) is 0 Å². The lowest BCUT2D eigenvalue weighted by Crippen LogP contribution is -2.11. The zero-order valence-corrected chi connectivity index (χ0v) is 11.6. The molecule has 1 heteroatoms. The number of rotatable bonds is 5. The van der Waals surface area contributed by atoms with Crippen molar-refractivity contribution < 1.29 is 0 Å². The number of hydrogen-bond donors (Lipinski definition) is 0. The second-order valence-corrected chi connectivity index (χ2v) is 5.84. The van der Waals surface area contributed by atoms with Gasteiger partial charge in [-0.25, -0.2) is 0 Å². The highest BCUT2D eigenvalue weighted by atomic mass is 32.2. The van der Waals surface area contributed by atoms with E-state index in [0.29, 0.717) is 11.2 Å². The minimum Gasteiger partial charge on any atom is -0.122 e. The predicted molar refractivity (Wildman–Crippen MR) is 75.1 cm³/mol. The number of thioether (sulfide) groups is 1. The summed E-state index contributed by atoms with van der Waals surface area (Å²) in [5.41, 5.74) is 2.72. The van der Waals surface area contributed by atoms with Crippen molar-refractivity contribution in [2.45, 2.75) is 44.3 Å². The summed E-state index contributed by atoms with van der Waals surface area (Å²) in [6.45, 7) is 12.9. The van der Waals surface area contributed by atoms with Crippen molar-refractivity contribution in [3.63, 3.8) is 0 Å². The second kappa shape index (κ2) is 6.15. The summed E-state index contributed by atoms with van der Waals surface area (Å²) in [5, 5.41) is 0.588. The van der Waals surface area contributed by atoms with Crippen molar-refractivity contribution in [2.24, 2.45) is 5.92 Å². The molecule has 0 aliphatic carbocycles. The fourth-order valence-corrected chi connectivity index (χ4v) is 2.97. The Hall–Kier alpha value is -0.690. The van der Waals surface area contributed by atoms with Gasteiger partial charge in [0, 0.05) is 10.1 Å². The first kappa shape index (κ1) is 13.4. The average molecular weight is 234 g/mol. The number of benzene rings is 1. The van der Waals surface area contributed by atoms with Gasteiger partial charge in [0.2, 0.25) is 0 Å². The normalized spacial score (nSPS) is 14.5. The van der Waals surface area contributed by atoms with Crippen LogP contribution >= 0.6 is 11.8 Å². The van der Waals surface area contributed by atoms with Gasteiger partial charge in [-0.15, -0.1) is 11.8 Å². The van der Waals surface area contributed by atoms with Gasteiger partial charge in [-0.3, -0.25) is 0 Å². The maximum Gasteiger partial charge on any atom is 0.0129 e. The Morgan fingerprint density at radius 2 is 1.94 bits per heavy atom. The van der Waals surface area contributed by atoms with E-state index >= 15 is 0 Å². The van der Waals surface area contributed by atoms with Crippen molar-refractivity contribution in [1.82, 2.24) is 0 Å². The first-order valence-corrected chi connectivity index (χ1v) is 6.84. The quantitative estimate of drug-likeness (QED) is 0.513. The first-order valence-electron chi connectivity index (χ1n) is 5.96. The summed E-state index contributed by atoms with van der Waals surface area (Å²) in [6.07, 6.45) is 1.11. The van der Waals surface area contributed by atoms with E-state index < -0.39 is 0 Å². The van der Waals surface area contributed by atoms with Gasteiger partial charge in [0.1, 0.15) is 0 Å². The highest BCUT2D eigenvalue weighted by molar-refractivity contribution is 8.00. The molecule has 0 aromatic heterocycles. The molecule has 1 aromatic carbocycles. The molecule has 0 saturated heterocycles. The summed E-state index contributed by atoms with van der Waals surface area (Å²) < 4.78 is 0. The first-order chi connectivity index (χ1) is 7.56. The Labute approximate surface area is 104 Å². The second-order valence-electron chi connectivity index (χ2n) is 4.42. The molecule has 0 nitrogen and oxygen atoms in total. The molecule has 0 N–H and O–H groups in total. The van der Waals surface area contributed by atoms with Gasteiger partial charge in [0.25, 0.3) is 0 Å². The Bertz CT molecular complexity index is 354. The van der Waals surface area contributed by atoms with Gasteiger partial charge < -0.3 is 0 Å². The fourth-order valence-electron chi connectivity index (χ4n) is 1.61. The van der Waals surface area contributed by atoms with Crippen LogP contribution < -0.4 is 0 Å². The zero-order chi connectivity index (χ0) is 12.1. The van der Waals surface area contributed by atoms with Gasteiger partial charge >= 0.3 is 0 Å². The van der Waals surface area contributed by atoms with E-state index in [1.165, 1.54) is 16.0 Å². The maximum absolute atomic E-state index is 4.05. The third-order valence-corrected chi connectivity index (χ3v) is 4.58. The summed E-state index contributed by atoms with van der Waals surface area (Å²) in [5.74, 6) is 0.565. The molecule has 1 aromatic rings. The van der Waals surface area contributed by atoms with Crippen LogP contribution in [-0.2, 0) is 6.42 Å². The predicted octanol–water partition coefficient (Wildman–Crippen LogP) is 4.94. The van der Waals surface area contributed by atoms with Gasteiger partial charge in [-0.05, 0) is 30.9 Å². The molecule has 0 radical (unpaired) electrons. The molecule has 0 aliphatic rings. The molecule has 0 bridgehead atoms. The Balaban J connectivity index is 2.76. The SMILES string of the molecule is C=C(C)[C@@H](C)[C@@H](C)Sc1ccccc1CC. The van der Waals surface area contributed by atoms with Crippen molar-refractivity contribution >= 4 is 11.8 Å². The summed E-state index contributed by atoms with van der Waals surface area (Å²) in [7, 11) is 0. The molecule has 88 valence electrons. The van der Waals surface area contributed by atoms with E-state index in [1.807, 2.05) is 11.8 Å². The van der Waals surface area contributed by atoms with Gasteiger partial charge in [0.05, 0.1) is 0 Å². The Morgan fingerprint density at radius 3 is 2.50 bits per heavy atom. The third kappa shape index (κ3) is 3.41. The van der Waals surface area contributed by atoms with Gasteiger partial charge in [-0.2, -0.15) is 0 Å². The van der Waals surface area contributed by atoms with Gasteiger partial charge in [0.15, 0.2) is 0 Å². The molecule has 2 atom stereocenters. The van der Waals surface area contributed by atoms with E-state index in [9.17, 15) is 0 Å². The highest BCUT2D eigenvalue weighted by Crippen LogP contribution is 2.32. The third-order valence-electron chi connectivity index (χ3n) is 3.15. The molecular formula is C15H22S. The van der Waals surface area contributed by atoms with Crippen LogP contribution in [-0.4, -0.2) is 5.25 Å². The summed E-state index contributed by atoms with van der Waals surface area (Å²) in [6, 6.07) is 8.70. The van der Waals surface area contributed by atoms with E-state index in [1.54, 1.807) is 0 Å². The van der Waals surface area contributed by atoms with Crippen molar-refractivity contribution in [3.8, 4) is 0 Å². The number of allylic oxidation sites excluding steroid dienone is 1. The molecule has 16 heavy (non-hydrogen) atoms. The lowest BCUT2D eigenvalue weighted by atomic mass is 10.0. The van der Waals surface area contributed by atoms with Crippen LogP contribution in [0.15, 0.2) is 41.3 Å². The minimum atomic E-state index is 0.565. The van der Waals surface area contributed by atoms with E-state index in [-0.39, 0.29) is 0 Å². The minimum absolute atomic E-state index is 0.565. The fraction of sp³-hybridized carbons (Fsp3) is 0.467. The van der Waals surface area contributed by atoms with Crippen molar-refractivity contribution in [1.29, 1.82) is 0 Å². The van der Waals surface area contributed by atoms with Crippen molar-refractivity contribution in [2.75, 3.05) is 0 Å². The van der Waals surface area contributed by atoms with E-state index in [2.05, 4.69) is 58.5 Å². The lowest BCUT2D eigenvalue weighted by Gasteiger charge is -2.20. The maximum atomic E-state index is 4.05. The van der Waals surface area contributed by atoms with Crippen LogP contribution in [0.25, 0.3) is 0 Å². The molecular weight excluding hydrogens is 212 g/mol. The summed E-state index contributed by atoms with van der Waals surface area (Å²) >= 11 is 1.97. The van der Waals surface area contributed by atoms with Crippen LogP contribution in [0.4, 0.5) is 0 Å². The standard InChI is InChI=1S/C15H22S/c1-6-14-9-7-8-10-15(14)16-13(5)12(4)11(2)3/h7-10,12-13H,2,6H2,1,3-5H3/t12-,13-/m1/s1. The zero-order valence-electron chi connectivity index (χ0n) is 10.8. The van der Waals surface area contributed by atoms with Crippen LogP contribution in [0.3, 0.4) is 0 Å². The number of hydrogen-bond acceptors (Lipinski definition) is 1. The largest absolute Gasteiger partial charge is 0.122 e. The molecule has 0 heterocycles. The topological polar surface area (TPSA) is 0 Å². The van der Waals surface area contributed by atoms with E-state index in [0.717, 1.165) is 6.42 Å². The lowest BCUT2D eigenvalue weighted by molar-refractivity contribution is 0.674. The molecule has 0 aliphatic heterocycles. The monoisotopic (exact) mass is 234 g/mol. The smallest absolute Gasteiger partial charge is 0.0129 e. The van der Waals surface area contributed by atoms with Crippen molar-refractivity contribution in [3.05, 3.63) is 42.0 Å². The molecule has 0 amide bonds. The van der Waals surface area contributed by atoms with Gasteiger partial charge in [-0.1, -0.05) is 51.1 Å².